The number of H-pyrrole nitrogens is 2. The van der Waals surface area contributed by atoms with Crippen LogP contribution in [0.1, 0.15) is 31.1 Å². The molecule has 0 aliphatic rings. The molecule has 0 aliphatic carbocycles. The third-order valence-corrected chi connectivity index (χ3v) is 4.94. The number of carbonyl (C=O) groups excluding carboxylic acids is 2. The van der Waals surface area contributed by atoms with Crippen LogP contribution >= 0.6 is 0 Å². The number of anilines is 3. The summed E-state index contributed by atoms with van der Waals surface area (Å²) in [4.78, 5) is 34.1. The van der Waals surface area contributed by atoms with E-state index in [2.05, 4.69) is 35.7 Å². The van der Waals surface area contributed by atoms with Gasteiger partial charge in [0.25, 0.3) is 5.91 Å². The molecule has 9 nitrogen and oxygen atoms in total. The smallest absolute Gasteiger partial charge is 0.257 e. The zero-order valence-corrected chi connectivity index (χ0v) is 17.0. The van der Waals surface area contributed by atoms with Crippen molar-refractivity contribution in [1.29, 1.82) is 0 Å². The van der Waals surface area contributed by atoms with Gasteiger partial charge < -0.3 is 15.2 Å². The zero-order chi connectivity index (χ0) is 21.3. The zero-order valence-electron chi connectivity index (χ0n) is 17.0. The van der Waals surface area contributed by atoms with Crippen LogP contribution in [-0.2, 0) is 4.79 Å². The highest BCUT2D eigenvalue weighted by atomic mass is 16.2. The highest BCUT2D eigenvalue weighted by Gasteiger charge is 2.19. The summed E-state index contributed by atoms with van der Waals surface area (Å²) < 4.78 is 0. The number of aromatic amines is 2. The molecule has 0 saturated carbocycles. The van der Waals surface area contributed by atoms with Gasteiger partial charge in [-0.15, -0.1) is 0 Å². The van der Waals surface area contributed by atoms with Crippen molar-refractivity contribution < 1.29 is 9.59 Å². The predicted octanol–water partition coefficient (Wildman–Crippen LogP) is 3.50. The first-order chi connectivity index (χ1) is 14.5. The molecule has 2 amide bonds. The van der Waals surface area contributed by atoms with E-state index < -0.39 is 0 Å². The summed E-state index contributed by atoms with van der Waals surface area (Å²) in [6.45, 7) is 6.98. The summed E-state index contributed by atoms with van der Waals surface area (Å²) in [5.74, 6) is -0.0937. The molecule has 2 heterocycles. The maximum atomic E-state index is 13.2. The Labute approximate surface area is 172 Å². The second-order valence-electron chi connectivity index (χ2n) is 6.95. The number of nitrogens with zero attached hydrogens (tertiary/aromatic N) is 3. The van der Waals surface area contributed by atoms with E-state index >= 15 is 0 Å². The molecule has 0 aliphatic heterocycles. The minimum Gasteiger partial charge on any atom is -0.371 e. The molecule has 0 saturated heterocycles. The topological polar surface area (TPSA) is 119 Å². The molecule has 30 heavy (non-hydrogen) atoms. The fourth-order valence-corrected chi connectivity index (χ4v) is 3.49. The molecule has 2 aromatic carbocycles. The Hall–Kier alpha value is -3.88. The van der Waals surface area contributed by atoms with Crippen molar-refractivity contribution in [3.63, 3.8) is 0 Å². The fourth-order valence-electron chi connectivity index (χ4n) is 3.49. The van der Waals surface area contributed by atoms with Crippen LogP contribution in [0, 0.1) is 0 Å². The second kappa shape index (κ2) is 7.86. The first-order valence-corrected chi connectivity index (χ1v) is 9.79. The minimum atomic E-state index is -0.228. The second-order valence-corrected chi connectivity index (χ2v) is 6.95. The molecule has 9 heteroatoms. The fraction of sp³-hybridized carbons (Fsp3) is 0.238. The summed E-state index contributed by atoms with van der Waals surface area (Å²) in [5, 5.41) is 13.5. The van der Waals surface area contributed by atoms with Crippen LogP contribution in [0.25, 0.3) is 21.9 Å². The maximum absolute atomic E-state index is 13.2. The highest BCUT2D eigenvalue weighted by Crippen LogP contribution is 2.28. The van der Waals surface area contributed by atoms with Crippen molar-refractivity contribution in [2.75, 3.05) is 28.6 Å². The molecule has 0 radical (unpaired) electrons. The Bertz CT molecular complexity index is 1240. The number of rotatable bonds is 6. The van der Waals surface area contributed by atoms with Gasteiger partial charge in [-0.3, -0.25) is 20.0 Å². The molecular weight excluding hydrogens is 382 g/mol. The monoisotopic (exact) mass is 405 g/mol. The third kappa shape index (κ3) is 3.69. The lowest BCUT2D eigenvalue weighted by molar-refractivity contribution is -0.114. The summed E-state index contributed by atoms with van der Waals surface area (Å²) in [6.07, 6.45) is 1.73. The molecule has 0 fully saturated rings. The lowest BCUT2D eigenvalue weighted by atomic mass is 10.1. The summed E-state index contributed by atoms with van der Waals surface area (Å²) >= 11 is 0. The van der Waals surface area contributed by atoms with Crippen LogP contribution in [0.5, 0.6) is 0 Å². The molecule has 0 atom stereocenters. The summed E-state index contributed by atoms with van der Waals surface area (Å²) in [5.41, 5.74) is 4.17. The highest BCUT2D eigenvalue weighted by molar-refractivity contribution is 6.11. The van der Waals surface area contributed by atoms with Gasteiger partial charge >= 0.3 is 0 Å². The number of amides is 2. The van der Waals surface area contributed by atoms with Gasteiger partial charge in [-0.25, -0.2) is 4.98 Å². The van der Waals surface area contributed by atoms with Gasteiger partial charge in [0.15, 0.2) is 0 Å². The molecule has 0 bridgehead atoms. The van der Waals surface area contributed by atoms with Crippen molar-refractivity contribution >= 4 is 51.1 Å². The molecule has 2 aromatic heterocycles. The number of hydrogen-bond acceptors (Lipinski definition) is 5. The van der Waals surface area contributed by atoms with Gasteiger partial charge in [-0.1, -0.05) is 0 Å². The average Bonchev–Trinajstić information content (AvgIpc) is 3.33. The molecule has 4 N–H and O–H groups in total. The lowest BCUT2D eigenvalue weighted by Crippen LogP contribution is -2.25. The predicted molar refractivity (Wildman–Crippen MR) is 118 cm³/mol. The van der Waals surface area contributed by atoms with E-state index in [0.29, 0.717) is 28.2 Å². The van der Waals surface area contributed by atoms with Crippen LogP contribution in [0.3, 0.4) is 0 Å². The first kappa shape index (κ1) is 19.4. The van der Waals surface area contributed by atoms with Crippen molar-refractivity contribution in [3.05, 3.63) is 42.1 Å². The van der Waals surface area contributed by atoms with Crippen molar-refractivity contribution in [2.45, 2.75) is 20.8 Å². The van der Waals surface area contributed by atoms with Gasteiger partial charge in [0.2, 0.25) is 11.9 Å². The van der Waals surface area contributed by atoms with Crippen LogP contribution in [0.15, 0.2) is 36.5 Å². The maximum Gasteiger partial charge on any atom is 0.257 e. The first-order valence-electron chi connectivity index (χ1n) is 9.79. The molecule has 4 aromatic rings. The van der Waals surface area contributed by atoms with Crippen molar-refractivity contribution in [2.24, 2.45) is 0 Å². The normalized spacial score (nSPS) is 11.0. The van der Waals surface area contributed by atoms with E-state index in [0.717, 1.165) is 29.7 Å². The van der Waals surface area contributed by atoms with E-state index in [9.17, 15) is 9.59 Å². The van der Waals surface area contributed by atoms with Crippen LogP contribution in [-0.4, -0.2) is 45.1 Å². The average molecular weight is 405 g/mol. The minimum absolute atomic E-state index is 0.217. The van der Waals surface area contributed by atoms with Crippen LogP contribution in [0.2, 0.25) is 0 Å². The van der Waals surface area contributed by atoms with E-state index in [1.165, 1.54) is 6.92 Å². The third-order valence-electron chi connectivity index (χ3n) is 4.94. The number of aromatic nitrogens is 4. The number of benzene rings is 2. The molecular formula is C21H23N7O2. The summed E-state index contributed by atoms with van der Waals surface area (Å²) in [6, 6.07) is 9.23. The van der Waals surface area contributed by atoms with Gasteiger partial charge in [-0.2, -0.15) is 5.10 Å². The van der Waals surface area contributed by atoms with Crippen LogP contribution < -0.4 is 15.5 Å². The lowest BCUT2D eigenvalue weighted by Gasteiger charge is -2.23. The van der Waals surface area contributed by atoms with E-state index in [1.54, 1.807) is 12.3 Å². The number of imidazole rings is 1. The summed E-state index contributed by atoms with van der Waals surface area (Å²) in [7, 11) is 0. The Morgan fingerprint density at radius 2 is 1.87 bits per heavy atom. The molecule has 0 spiro atoms. The van der Waals surface area contributed by atoms with Crippen LogP contribution in [0.4, 0.5) is 17.3 Å². The Balaban J connectivity index is 1.74. The molecule has 4 rings (SSSR count). The van der Waals surface area contributed by atoms with Gasteiger partial charge in [0.1, 0.15) is 0 Å². The van der Waals surface area contributed by atoms with Gasteiger partial charge in [0.05, 0.1) is 34.0 Å². The van der Waals surface area contributed by atoms with Crippen molar-refractivity contribution in [3.8, 4) is 0 Å². The quantitative estimate of drug-likeness (QED) is 0.391. The standard InChI is InChI=1S/C21H23N7O2/c1-4-28(5-2)19-10-18-17(25-21(26-18)23-12(3)29)9-15(19)20(30)24-14-7-6-13-11-22-27-16(13)8-14/h6-11H,4-5H2,1-3H3,(H,22,27)(H,24,30)(H2,23,25,26,29). The van der Waals surface area contributed by atoms with E-state index in [4.69, 9.17) is 0 Å². The SMILES string of the molecule is CCN(CC)c1cc2nc(NC(C)=O)[nH]c2cc1C(=O)Nc1ccc2cn[nH]c2c1. The Morgan fingerprint density at radius 3 is 2.60 bits per heavy atom. The molecule has 0 unspecified atom stereocenters. The number of hydrogen-bond donors (Lipinski definition) is 4. The van der Waals surface area contributed by atoms with E-state index in [-0.39, 0.29) is 11.8 Å². The molecule has 154 valence electrons. The largest absolute Gasteiger partial charge is 0.371 e. The van der Waals surface area contributed by atoms with Crippen molar-refractivity contribution in [1.82, 2.24) is 20.2 Å². The van der Waals surface area contributed by atoms with Gasteiger partial charge in [0, 0.05) is 31.1 Å². The number of fused-ring (bicyclic) bond motifs is 2. The van der Waals surface area contributed by atoms with E-state index in [1.807, 2.05) is 38.1 Å². The number of nitrogens with one attached hydrogen (secondary N) is 4. The van der Waals surface area contributed by atoms with Gasteiger partial charge in [-0.05, 0) is 44.2 Å². The Kier molecular flexibility index (Phi) is 5.09. The number of carbonyl (C=O) groups is 2. The Morgan fingerprint density at radius 1 is 1.07 bits per heavy atom.